The number of carboxylic acid groups (broad SMARTS) is 1. The van der Waals surface area contributed by atoms with Crippen LogP contribution in [-0.2, 0) is 6.54 Å². The van der Waals surface area contributed by atoms with Crippen LogP contribution < -0.4 is 5.32 Å². The van der Waals surface area contributed by atoms with E-state index in [9.17, 15) is 9.90 Å². The highest BCUT2D eigenvalue weighted by Gasteiger charge is 2.15. The van der Waals surface area contributed by atoms with Gasteiger partial charge >= 0.3 is 5.97 Å². The summed E-state index contributed by atoms with van der Waals surface area (Å²) in [7, 11) is 0. The van der Waals surface area contributed by atoms with Crippen LogP contribution in [0.15, 0.2) is 12.3 Å². The number of carbonyl (C=O) groups is 1. The Bertz CT molecular complexity index is 622. The first-order valence-electron chi connectivity index (χ1n) is 5.84. The van der Waals surface area contributed by atoms with Gasteiger partial charge in [-0.2, -0.15) is 0 Å². The van der Waals surface area contributed by atoms with Crippen molar-refractivity contribution in [3.05, 3.63) is 39.1 Å². The molecule has 0 atom stereocenters. The first-order chi connectivity index (χ1) is 8.97. The number of aromatic carboxylic acids is 1. The number of anilines is 1. The molecule has 0 unspecified atom stereocenters. The summed E-state index contributed by atoms with van der Waals surface area (Å²) >= 11 is 1.59. The quantitative estimate of drug-likeness (QED) is 0.898. The molecule has 2 rings (SSSR count). The lowest BCUT2D eigenvalue weighted by molar-refractivity contribution is 0.0696. The summed E-state index contributed by atoms with van der Waals surface area (Å²) in [4.78, 5) is 20.8. The third-order valence-electron chi connectivity index (χ3n) is 2.64. The number of hydrogen-bond donors (Lipinski definition) is 2. The van der Waals surface area contributed by atoms with Gasteiger partial charge in [-0.25, -0.2) is 9.78 Å². The molecule has 0 bridgehead atoms. The lowest BCUT2D eigenvalue weighted by Gasteiger charge is -2.11. The van der Waals surface area contributed by atoms with Crippen molar-refractivity contribution >= 4 is 23.0 Å². The molecule has 0 fully saturated rings. The van der Waals surface area contributed by atoms with Gasteiger partial charge in [0.2, 0.25) is 0 Å². The Morgan fingerprint density at radius 3 is 2.74 bits per heavy atom. The molecule has 0 saturated carbocycles. The molecule has 0 aliphatic rings. The molecular formula is C13H15N3O2S. The maximum atomic E-state index is 11.3. The zero-order valence-electron chi connectivity index (χ0n) is 11.0. The molecule has 5 nitrogen and oxygen atoms in total. The van der Waals surface area contributed by atoms with E-state index in [1.165, 1.54) is 0 Å². The van der Waals surface area contributed by atoms with E-state index in [-0.39, 0.29) is 5.56 Å². The summed E-state index contributed by atoms with van der Waals surface area (Å²) in [5, 5.41) is 13.3. The van der Waals surface area contributed by atoms with E-state index in [1.54, 1.807) is 24.3 Å². The van der Waals surface area contributed by atoms with Crippen LogP contribution in [0.3, 0.4) is 0 Å². The third kappa shape index (κ3) is 3.08. The molecule has 100 valence electrons. The zero-order chi connectivity index (χ0) is 14.0. The number of nitrogens with zero attached hydrogens (tertiary/aromatic N) is 2. The van der Waals surface area contributed by atoms with Crippen LogP contribution in [-0.4, -0.2) is 21.0 Å². The average molecular weight is 277 g/mol. The molecule has 2 heterocycles. The highest BCUT2D eigenvalue weighted by atomic mass is 32.1. The van der Waals surface area contributed by atoms with E-state index in [0.29, 0.717) is 17.9 Å². The Morgan fingerprint density at radius 1 is 1.42 bits per heavy atom. The number of rotatable bonds is 4. The molecule has 0 aliphatic heterocycles. The number of carboxylic acids is 1. The predicted octanol–water partition coefficient (Wildman–Crippen LogP) is 2.77. The van der Waals surface area contributed by atoms with E-state index in [1.807, 2.05) is 20.0 Å². The predicted molar refractivity (Wildman–Crippen MR) is 74.8 cm³/mol. The van der Waals surface area contributed by atoms with Gasteiger partial charge in [0.15, 0.2) is 0 Å². The van der Waals surface area contributed by atoms with Crippen LogP contribution in [0.5, 0.6) is 0 Å². The summed E-state index contributed by atoms with van der Waals surface area (Å²) in [6.07, 6.45) is 1.81. The van der Waals surface area contributed by atoms with Crippen LogP contribution in [0.4, 0.5) is 5.69 Å². The largest absolute Gasteiger partial charge is 0.478 e. The molecule has 0 radical (unpaired) electrons. The van der Waals surface area contributed by atoms with Crippen LogP contribution in [0.25, 0.3) is 0 Å². The fourth-order valence-electron chi connectivity index (χ4n) is 1.89. The van der Waals surface area contributed by atoms with Crippen molar-refractivity contribution in [1.29, 1.82) is 0 Å². The second kappa shape index (κ2) is 5.36. The van der Waals surface area contributed by atoms with E-state index < -0.39 is 5.97 Å². The molecule has 2 N–H and O–H groups in total. The van der Waals surface area contributed by atoms with Crippen molar-refractivity contribution in [2.75, 3.05) is 5.32 Å². The average Bonchev–Trinajstić information content (AvgIpc) is 2.71. The van der Waals surface area contributed by atoms with Crippen molar-refractivity contribution in [2.45, 2.75) is 27.3 Å². The number of nitrogens with one attached hydrogen (secondary N) is 1. The first-order valence-corrected chi connectivity index (χ1v) is 6.65. The van der Waals surface area contributed by atoms with Gasteiger partial charge < -0.3 is 10.4 Å². The second-order valence-electron chi connectivity index (χ2n) is 4.29. The van der Waals surface area contributed by atoms with Crippen LogP contribution >= 0.6 is 11.3 Å². The Hall–Kier alpha value is -1.95. The summed E-state index contributed by atoms with van der Waals surface area (Å²) in [6.45, 7) is 6.05. The van der Waals surface area contributed by atoms with E-state index >= 15 is 0 Å². The molecule has 0 saturated heterocycles. The summed E-state index contributed by atoms with van der Waals surface area (Å²) in [5.74, 6) is -0.970. The highest BCUT2D eigenvalue weighted by Crippen LogP contribution is 2.21. The molecule has 0 aliphatic carbocycles. The Kier molecular flexibility index (Phi) is 3.80. The molecule has 6 heteroatoms. The summed E-state index contributed by atoms with van der Waals surface area (Å²) in [6, 6.07) is 1.75. The highest BCUT2D eigenvalue weighted by molar-refractivity contribution is 7.11. The summed E-state index contributed by atoms with van der Waals surface area (Å²) in [5.41, 5.74) is 2.12. The minimum absolute atomic E-state index is 0.221. The fourth-order valence-corrected chi connectivity index (χ4v) is 2.62. The Labute approximate surface area is 115 Å². The number of hydrogen-bond acceptors (Lipinski definition) is 5. The Balaban J connectivity index is 2.26. The third-order valence-corrected chi connectivity index (χ3v) is 3.55. The van der Waals surface area contributed by atoms with Gasteiger partial charge in [-0.1, -0.05) is 0 Å². The maximum Gasteiger partial charge on any atom is 0.339 e. The van der Waals surface area contributed by atoms with Crippen LogP contribution in [0, 0.1) is 20.8 Å². The van der Waals surface area contributed by atoms with E-state index in [4.69, 9.17) is 0 Å². The van der Waals surface area contributed by atoms with Gasteiger partial charge in [0.25, 0.3) is 0 Å². The SMILES string of the molecule is Cc1cc(NCc2ncc(C)s2)c(C(=O)O)c(C)n1. The van der Waals surface area contributed by atoms with E-state index in [2.05, 4.69) is 15.3 Å². The molecule has 19 heavy (non-hydrogen) atoms. The van der Waals surface area contributed by atoms with Crippen molar-refractivity contribution in [1.82, 2.24) is 9.97 Å². The Morgan fingerprint density at radius 2 is 2.16 bits per heavy atom. The minimum Gasteiger partial charge on any atom is -0.478 e. The lowest BCUT2D eigenvalue weighted by atomic mass is 10.1. The normalized spacial score (nSPS) is 10.5. The number of pyridine rings is 1. The monoisotopic (exact) mass is 277 g/mol. The van der Waals surface area contributed by atoms with Gasteiger partial charge in [-0.3, -0.25) is 4.98 Å². The fraction of sp³-hybridized carbons (Fsp3) is 0.308. The van der Waals surface area contributed by atoms with Crippen molar-refractivity contribution in [3.8, 4) is 0 Å². The van der Waals surface area contributed by atoms with Gasteiger partial charge in [-0.15, -0.1) is 11.3 Å². The molecule has 0 aromatic carbocycles. The molecule has 0 amide bonds. The van der Waals surface area contributed by atoms with Gasteiger partial charge in [0.1, 0.15) is 10.6 Å². The smallest absolute Gasteiger partial charge is 0.339 e. The number of thiazole rings is 1. The number of aromatic nitrogens is 2. The van der Waals surface area contributed by atoms with Gasteiger partial charge in [0, 0.05) is 16.8 Å². The first kappa shape index (κ1) is 13.5. The maximum absolute atomic E-state index is 11.3. The molecule has 2 aromatic heterocycles. The zero-order valence-corrected chi connectivity index (χ0v) is 11.8. The van der Waals surface area contributed by atoms with E-state index in [0.717, 1.165) is 15.6 Å². The van der Waals surface area contributed by atoms with Crippen LogP contribution in [0.1, 0.15) is 31.6 Å². The van der Waals surface area contributed by atoms with Gasteiger partial charge in [0.05, 0.1) is 17.9 Å². The lowest BCUT2D eigenvalue weighted by Crippen LogP contribution is -2.10. The number of aryl methyl sites for hydroxylation is 3. The van der Waals surface area contributed by atoms with Gasteiger partial charge in [-0.05, 0) is 26.8 Å². The topological polar surface area (TPSA) is 75.1 Å². The standard InChI is InChI=1S/C13H15N3O2S/c1-7-4-10(12(13(17)18)9(3)16-7)14-6-11-15-5-8(2)19-11/h4-5H,6H2,1-3H3,(H,14,16)(H,17,18). The molecular weight excluding hydrogens is 262 g/mol. The van der Waals surface area contributed by atoms with Crippen LogP contribution in [0.2, 0.25) is 0 Å². The second-order valence-corrected chi connectivity index (χ2v) is 5.61. The molecule has 0 spiro atoms. The summed E-state index contributed by atoms with van der Waals surface area (Å²) < 4.78 is 0. The van der Waals surface area contributed by atoms with Crippen molar-refractivity contribution in [2.24, 2.45) is 0 Å². The molecule has 2 aromatic rings. The van der Waals surface area contributed by atoms with Crippen molar-refractivity contribution in [3.63, 3.8) is 0 Å². The van der Waals surface area contributed by atoms with Crippen molar-refractivity contribution < 1.29 is 9.90 Å². The minimum atomic E-state index is -0.970.